The summed E-state index contributed by atoms with van der Waals surface area (Å²) in [6.45, 7) is 2.83. The summed E-state index contributed by atoms with van der Waals surface area (Å²) in [4.78, 5) is 13.8. The summed E-state index contributed by atoms with van der Waals surface area (Å²) in [5.74, 6) is 0.0632. The van der Waals surface area contributed by atoms with E-state index in [1.807, 2.05) is 6.92 Å². The molecule has 1 amide bonds. The minimum atomic E-state index is -3.31. The summed E-state index contributed by atoms with van der Waals surface area (Å²) in [6, 6.07) is 8.48. The van der Waals surface area contributed by atoms with Gasteiger partial charge < -0.3 is 4.90 Å². The zero-order valence-electron chi connectivity index (χ0n) is 11.1. The minimum Gasteiger partial charge on any atom is -0.341 e. The number of carbonyl (C=O) groups excluding carboxylic acids is 1. The monoisotopic (exact) mass is 281 g/mol. The average molecular weight is 281 g/mol. The Morgan fingerprint density at radius 1 is 1.32 bits per heavy atom. The lowest BCUT2D eigenvalue weighted by Gasteiger charge is -2.16. The van der Waals surface area contributed by atoms with Gasteiger partial charge in [0.05, 0.1) is 10.1 Å². The fraction of sp³-hybridized carbons (Fsp3) is 0.500. The quantitative estimate of drug-likeness (QED) is 0.846. The van der Waals surface area contributed by atoms with Crippen molar-refractivity contribution in [3.05, 3.63) is 30.3 Å². The average Bonchev–Trinajstić information content (AvgIpc) is 2.90. The maximum absolute atomic E-state index is 12.4. The molecule has 104 valence electrons. The van der Waals surface area contributed by atoms with Crippen LogP contribution >= 0.6 is 0 Å². The van der Waals surface area contributed by atoms with Crippen LogP contribution in [-0.2, 0) is 14.6 Å². The lowest BCUT2D eigenvalue weighted by Crippen LogP contribution is -2.31. The molecule has 1 aliphatic heterocycles. The highest BCUT2D eigenvalue weighted by Crippen LogP contribution is 2.24. The number of hydrogen-bond donors (Lipinski definition) is 0. The van der Waals surface area contributed by atoms with E-state index in [0.29, 0.717) is 30.8 Å². The first-order valence-corrected chi connectivity index (χ1v) is 8.17. The van der Waals surface area contributed by atoms with E-state index >= 15 is 0 Å². The second-order valence-electron chi connectivity index (χ2n) is 4.86. The van der Waals surface area contributed by atoms with Gasteiger partial charge in [0.1, 0.15) is 0 Å². The van der Waals surface area contributed by atoms with Crippen molar-refractivity contribution in [2.45, 2.75) is 36.3 Å². The molecule has 1 unspecified atom stereocenters. The lowest BCUT2D eigenvalue weighted by molar-refractivity contribution is -0.130. The number of likely N-dealkylation sites (tertiary alicyclic amines) is 1. The Balaban J connectivity index is 2.11. The third-order valence-corrected chi connectivity index (χ3v) is 5.66. The molecule has 1 heterocycles. The Labute approximate surface area is 114 Å². The van der Waals surface area contributed by atoms with E-state index in [0.717, 1.165) is 6.42 Å². The molecule has 1 saturated heterocycles. The first-order chi connectivity index (χ1) is 9.05. The molecule has 19 heavy (non-hydrogen) atoms. The molecule has 0 aromatic heterocycles. The van der Waals surface area contributed by atoms with E-state index in [1.165, 1.54) is 0 Å². The first kappa shape index (κ1) is 14.1. The van der Waals surface area contributed by atoms with Gasteiger partial charge in [-0.05, 0) is 25.0 Å². The molecule has 1 aromatic rings. The smallest absolute Gasteiger partial charge is 0.222 e. The summed E-state index contributed by atoms with van der Waals surface area (Å²) in [5, 5.41) is -0.462. The van der Waals surface area contributed by atoms with E-state index in [-0.39, 0.29) is 5.91 Å². The highest BCUT2D eigenvalue weighted by Gasteiger charge is 2.35. The predicted octanol–water partition coefficient (Wildman–Crippen LogP) is 1.86. The molecule has 0 bridgehead atoms. The Morgan fingerprint density at radius 2 is 2.00 bits per heavy atom. The highest BCUT2D eigenvalue weighted by molar-refractivity contribution is 7.92. The van der Waals surface area contributed by atoms with Crippen LogP contribution in [0.4, 0.5) is 0 Å². The summed E-state index contributed by atoms with van der Waals surface area (Å²) in [7, 11) is -3.31. The second kappa shape index (κ2) is 5.74. The van der Waals surface area contributed by atoms with E-state index in [2.05, 4.69) is 0 Å². The molecule has 0 saturated carbocycles. The minimum absolute atomic E-state index is 0.0632. The number of rotatable bonds is 4. The summed E-state index contributed by atoms with van der Waals surface area (Å²) in [5.41, 5.74) is 0. The van der Waals surface area contributed by atoms with Gasteiger partial charge in [0.2, 0.25) is 5.91 Å². The molecule has 4 nitrogen and oxygen atoms in total. The molecule has 1 aliphatic rings. The molecule has 1 fully saturated rings. The van der Waals surface area contributed by atoms with Gasteiger partial charge in [-0.25, -0.2) is 8.42 Å². The van der Waals surface area contributed by atoms with Crippen LogP contribution in [-0.4, -0.2) is 37.6 Å². The number of sulfone groups is 1. The number of carbonyl (C=O) groups is 1. The van der Waals surface area contributed by atoms with Gasteiger partial charge >= 0.3 is 0 Å². The molecular weight excluding hydrogens is 262 g/mol. The van der Waals surface area contributed by atoms with Gasteiger partial charge in [-0.1, -0.05) is 25.1 Å². The fourth-order valence-corrected chi connectivity index (χ4v) is 4.10. The Bertz CT molecular complexity index is 539. The molecule has 2 rings (SSSR count). The van der Waals surface area contributed by atoms with Crippen LogP contribution in [0.25, 0.3) is 0 Å². The molecular formula is C14H19NO3S. The Kier molecular flexibility index (Phi) is 4.24. The van der Waals surface area contributed by atoms with Crippen LogP contribution in [0, 0.1) is 0 Å². The van der Waals surface area contributed by atoms with Crippen molar-refractivity contribution in [3.63, 3.8) is 0 Å². The van der Waals surface area contributed by atoms with Gasteiger partial charge in [-0.15, -0.1) is 0 Å². The number of amides is 1. The maximum Gasteiger partial charge on any atom is 0.222 e. The van der Waals surface area contributed by atoms with Crippen molar-refractivity contribution in [3.8, 4) is 0 Å². The molecule has 0 N–H and O–H groups in total. The van der Waals surface area contributed by atoms with E-state index in [9.17, 15) is 13.2 Å². The van der Waals surface area contributed by atoms with Gasteiger partial charge in [-0.2, -0.15) is 0 Å². The van der Waals surface area contributed by atoms with Gasteiger partial charge in [0, 0.05) is 19.5 Å². The predicted molar refractivity (Wildman–Crippen MR) is 73.5 cm³/mol. The Hall–Kier alpha value is -1.36. The van der Waals surface area contributed by atoms with Crippen molar-refractivity contribution in [2.75, 3.05) is 13.1 Å². The van der Waals surface area contributed by atoms with E-state index in [4.69, 9.17) is 0 Å². The largest absolute Gasteiger partial charge is 0.341 e. The summed E-state index contributed by atoms with van der Waals surface area (Å²) in [6.07, 6.45) is 1.83. The topological polar surface area (TPSA) is 54.5 Å². The zero-order chi connectivity index (χ0) is 13.9. The number of benzene rings is 1. The van der Waals surface area contributed by atoms with Crippen molar-refractivity contribution >= 4 is 15.7 Å². The second-order valence-corrected chi connectivity index (χ2v) is 7.09. The van der Waals surface area contributed by atoms with Crippen LogP contribution in [0.2, 0.25) is 0 Å². The lowest BCUT2D eigenvalue weighted by atomic mass is 10.3. The van der Waals surface area contributed by atoms with Crippen molar-refractivity contribution in [1.29, 1.82) is 0 Å². The number of hydrogen-bond acceptors (Lipinski definition) is 3. The van der Waals surface area contributed by atoms with Gasteiger partial charge in [-0.3, -0.25) is 4.79 Å². The molecule has 1 atom stereocenters. The molecule has 0 spiro atoms. The standard InChI is InChI=1S/C14H19NO3S/c1-2-6-14(16)15-10-9-13(11-15)19(17,18)12-7-4-3-5-8-12/h3-5,7-8,13H,2,6,9-11H2,1H3. The summed E-state index contributed by atoms with van der Waals surface area (Å²) < 4.78 is 24.8. The first-order valence-electron chi connectivity index (χ1n) is 6.62. The van der Waals surface area contributed by atoms with Crippen molar-refractivity contribution < 1.29 is 13.2 Å². The van der Waals surface area contributed by atoms with Gasteiger partial charge in [0.25, 0.3) is 0 Å². The molecule has 5 heteroatoms. The number of nitrogens with zero attached hydrogens (tertiary/aromatic N) is 1. The summed E-state index contributed by atoms with van der Waals surface area (Å²) >= 11 is 0. The van der Waals surface area contributed by atoms with Gasteiger partial charge in [0.15, 0.2) is 9.84 Å². The third-order valence-electron chi connectivity index (χ3n) is 3.47. The van der Waals surface area contributed by atoms with Crippen LogP contribution in [0.3, 0.4) is 0 Å². The zero-order valence-corrected chi connectivity index (χ0v) is 11.9. The normalized spacial score (nSPS) is 19.6. The molecule has 0 aliphatic carbocycles. The molecule has 0 radical (unpaired) electrons. The highest BCUT2D eigenvalue weighted by atomic mass is 32.2. The van der Waals surface area contributed by atoms with Crippen molar-refractivity contribution in [2.24, 2.45) is 0 Å². The van der Waals surface area contributed by atoms with Crippen LogP contribution in [0.1, 0.15) is 26.2 Å². The Morgan fingerprint density at radius 3 is 2.63 bits per heavy atom. The third kappa shape index (κ3) is 2.97. The van der Waals surface area contributed by atoms with Crippen LogP contribution < -0.4 is 0 Å². The maximum atomic E-state index is 12.4. The fourth-order valence-electron chi connectivity index (χ4n) is 2.38. The van der Waals surface area contributed by atoms with E-state index in [1.54, 1.807) is 35.2 Å². The van der Waals surface area contributed by atoms with Crippen molar-refractivity contribution in [1.82, 2.24) is 4.90 Å². The van der Waals surface area contributed by atoms with Crippen LogP contribution in [0.15, 0.2) is 35.2 Å². The molecule has 1 aromatic carbocycles. The van der Waals surface area contributed by atoms with Crippen LogP contribution in [0.5, 0.6) is 0 Å². The SMILES string of the molecule is CCCC(=O)N1CCC(S(=O)(=O)c2ccccc2)C1. The van der Waals surface area contributed by atoms with E-state index < -0.39 is 15.1 Å².